The summed E-state index contributed by atoms with van der Waals surface area (Å²) in [5, 5.41) is 20.1. The number of unbranched alkanes of at least 4 members (excludes halogenated alkanes) is 2. The average Bonchev–Trinajstić information content (AvgIpc) is 2.81. The third-order valence-corrected chi connectivity index (χ3v) is 5.74. The van der Waals surface area contributed by atoms with Gasteiger partial charge in [-0.2, -0.15) is 4.58 Å². The van der Waals surface area contributed by atoms with Crippen LogP contribution >= 0.6 is 0 Å². The Labute approximate surface area is 175 Å². The van der Waals surface area contributed by atoms with Crippen molar-refractivity contribution in [2.75, 3.05) is 6.54 Å². The maximum atomic E-state index is 11.3. The third kappa shape index (κ3) is 3.97. The lowest BCUT2D eigenvalue weighted by Crippen LogP contribution is -3.00. The molecule has 2 aromatic carbocycles. The highest BCUT2D eigenvalue weighted by atomic mass is 79.9. The van der Waals surface area contributed by atoms with Crippen molar-refractivity contribution in [3.05, 3.63) is 41.5 Å². The van der Waals surface area contributed by atoms with Gasteiger partial charge in [0.2, 0.25) is 5.69 Å². The minimum Gasteiger partial charge on any atom is -1.00 e. The molecule has 1 aliphatic heterocycles. The fourth-order valence-corrected chi connectivity index (χ4v) is 4.04. The lowest BCUT2D eigenvalue weighted by Gasteiger charge is -2.17. The summed E-state index contributed by atoms with van der Waals surface area (Å²) in [6.07, 6.45) is 2.76. The van der Waals surface area contributed by atoms with Crippen LogP contribution in [0.25, 0.3) is 10.8 Å². The largest absolute Gasteiger partial charge is 1.00 e. The van der Waals surface area contributed by atoms with Crippen molar-refractivity contribution in [3.8, 4) is 0 Å². The molecule has 0 fully saturated rings. The molecular formula is C22H26BrNO4. The summed E-state index contributed by atoms with van der Waals surface area (Å²) >= 11 is 0. The highest BCUT2D eigenvalue weighted by molar-refractivity contribution is 6.03. The van der Waals surface area contributed by atoms with Crippen LogP contribution in [-0.4, -0.2) is 39.0 Å². The van der Waals surface area contributed by atoms with Gasteiger partial charge in [0.15, 0.2) is 5.71 Å². The van der Waals surface area contributed by atoms with Crippen LogP contribution in [0.15, 0.2) is 30.3 Å². The summed E-state index contributed by atoms with van der Waals surface area (Å²) in [5.41, 5.74) is 3.84. The van der Waals surface area contributed by atoms with Crippen LogP contribution in [0.2, 0.25) is 0 Å². The number of rotatable bonds is 7. The van der Waals surface area contributed by atoms with Crippen LogP contribution in [0.1, 0.15) is 62.4 Å². The maximum Gasteiger partial charge on any atom is 0.335 e. The van der Waals surface area contributed by atoms with Gasteiger partial charge < -0.3 is 27.2 Å². The summed E-state index contributed by atoms with van der Waals surface area (Å²) in [7, 11) is 0. The third-order valence-electron chi connectivity index (χ3n) is 5.74. The summed E-state index contributed by atoms with van der Waals surface area (Å²) in [6.45, 7) is 7.42. The summed E-state index contributed by atoms with van der Waals surface area (Å²) < 4.78 is 2.33. The Kier molecular flexibility index (Phi) is 6.65. The van der Waals surface area contributed by atoms with E-state index in [9.17, 15) is 14.7 Å². The van der Waals surface area contributed by atoms with Crippen LogP contribution in [0.3, 0.4) is 0 Å². The molecule has 1 aliphatic rings. The van der Waals surface area contributed by atoms with Crippen LogP contribution < -0.4 is 17.0 Å². The summed E-state index contributed by atoms with van der Waals surface area (Å²) in [6, 6.07) is 9.40. The number of fused-ring (bicyclic) bond motifs is 3. The van der Waals surface area contributed by atoms with Gasteiger partial charge in [-0.05, 0) is 55.7 Å². The van der Waals surface area contributed by atoms with Crippen molar-refractivity contribution in [3.63, 3.8) is 0 Å². The molecule has 6 heteroatoms. The lowest BCUT2D eigenvalue weighted by atomic mass is 9.79. The number of carboxylic acids is 2. The zero-order valence-electron chi connectivity index (χ0n) is 16.5. The fourth-order valence-electron chi connectivity index (χ4n) is 4.04. The number of aromatic carboxylic acids is 1. The number of benzene rings is 2. The van der Waals surface area contributed by atoms with Gasteiger partial charge in [-0.15, -0.1) is 0 Å². The predicted molar refractivity (Wildman–Crippen MR) is 106 cm³/mol. The predicted octanol–water partition coefficient (Wildman–Crippen LogP) is 1.58. The molecule has 150 valence electrons. The SMILES string of the molecule is CC1=[N+](CCCCCC(=O)O)c2ccc3cc(C(=O)O)ccc3c2C1(C)C.[Br-]. The van der Waals surface area contributed by atoms with E-state index in [0.29, 0.717) is 12.0 Å². The van der Waals surface area contributed by atoms with Crippen LogP contribution in [0.5, 0.6) is 0 Å². The fraction of sp³-hybridized carbons (Fsp3) is 0.409. The van der Waals surface area contributed by atoms with Gasteiger partial charge in [0.1, 0.15) is 6.54 Å². The second kappa shape index (κ2) is 8.43. The van der Waals surface area contributed by atoms with Gasteiger partial charge in [-0.1, -0.05) is 6.07 Å². The van der Waals surface area contributed by atoms with E-state index in [1.807, 2.05) is 12.1 Å². The van der Waals surface area contributed by atoms with Gasteiger partial charge in [-0.3, -0.25) is 4.79 Å². The Balaban J connectivity index is 0.00000280. The number of nitrogens with zero attached hydrogens (tertiary/aromatic N) is 1. The second-order valence-corrected chi connectivity index (χ2v) is 7.77. The van der Waals surface area contributed by atoms with Gasteiger partial charge in [-0.25, -0.2) is 4.79 Å². The Morgan fingerprint density at radius 1 is 1.04 bits per heavy atom. The topological polar surface area (TPSA) is 77.6 Å². The van der Waals surface area contributed by atoms with Gasteiger partial charge in [0.25, 0.3) is 0 Å². The molecule has 0 atom stereocenters. The molecular weight excluding hydrogens is 422 g/mol. The average molecular weight is 448 g/mol. The lowest BCUT2D eigenvalue weighted by molar-refractivity contribution is -0.439. The summed E-state index contributed by atoms with van der Waals surface area (Å²) in [5.74, 6) is -1.65. The van der Waals surface area contributed by atoms with Crippen molar-refractivity contribution >= 4 is 34.1 Å². The van der Waals surface area contributed by atoms with Crippen molar-refractivity contribution in [1.82, 2.24) is 0 Å². The van der Waals surface area contributed by atoms with E-state index in [1.165, 1.54) is 17.0 Å². The number of carbonyl (C=O) groups is 2. The highest BCUT2D eigenvalue weighted by Gasteiger charge is 2.43. The number of halogens is 1. The molecule has 0 radical (unpaired) electrons. The van der Waals surface area contributed by atoms with E-state index in [2.05, 4.69) is 31.4 Å². The van der Waals surface area contributed by atoms with Crippen molar-refractivity contribution in [2.24, 2.45) is 0 Å². The van der Waals surface area contributed by atoms with Gasteiger partial charge in [0, 0.05) is 31.4 Å². The zero-order chi connectivity index (χ0) is 19.8. The highest BCUT2D eigenvalue weighted by Crippen LogP contribution is 2.44. The number of hydrogen-bond acceptors (Lipinski definition) is 2. The van der Waals surface area contributed by atoms with Crippen LogP contribution in [0.4, 0.5) is 5.69 Å². The number of aliphatic carboxylic acids is 1. The molecule has 3 rings (SSSR count). The molecule has 0 unspecified atom stereocenters. The van der Waals surface area contributed by atoms with Crippen molar-refractivity contribution < 1.29 is 41.4 Å². The molecule has 0 aliphatic carbocycles. The molecule has 0 aromatic heterocycles. The first kappa shape index (κ1) is 22.1. The van der Waals surface area contributed by atoms with E-state index < -0.39 is 11.9 Å². The van der Waals surface area contributed by atoms with E-state index >= 15 is 0 Å². The Hall–Kier alpha value is -2.21. The van der Waals surface area contributed by atoms with E-state index in [-0.39, 0.29) is 28.8 Å². The molecule has 0 amide bonds. The molecule has 2 N–H and O–H groups in total. The molecule has 0 saturated heterocycles. The van der Waals surface area contributed by atoms with E-state index in [1.54, 1.807) is 12.1 Å². The molecule has 28 heavy (non-hydrogen) atoms. The molecule has 2 aromatic rings. The van der Waals surface area contributed by atoms with Gasteiger partial charge >= 0.3 is 11.9 Å². The van der Waals surface area contributed by atoms with Gasteiger partial charge in [0.05, 0.1) is 11.0 Å². The quantitative estimate of drug-likeness (QED) is 0.498. The Bertz CT molecular complexity index is 962. The minimum absolute atomic E-state index is 0. The molecule has 1 heterocycles. The smallest absolute Gasteiger partial charge is 0.335 e. The number of hydrogen-bond donors (Lipinski definition) is 2. The zero-order valence-corrected chi connectivity index (χ0v) is 18.0. The molecule has 0 spiro atoms. The van der Waals surface area contributed by atoms with Crippen molar-refractivity contribution in [2.45, 2.75) is 51.9 Å². The first-order valence-electron chi connectivity index (χ1n) is 9.37. The molecule has 0 bridgehead atoms. The van der Waals surface area contributed by atoms with E-state index in [4.69, 9.17) is 5.11 Å². The minimum atomic E-state index is -0.914. The Morgan fingerprint density at radius 3 is 2.39 bits per heavy atom. The Morgan fingerprint density at radius 2 is 1.75 bits per heavy atom. The normalized spacial score (nSPS) is 14.7. The first-order valence-corrected chi connectivity index (χ1v) is 9.37. The maximum absolute atomic E-state index is 11.3. The summed E-state index contributed by atoms with van der Waals surface area (Å²) in [4.78, 5) is 21.9. The van der Waals surface area contributed by atoms with Crippen molar-refractivity contribution in [1.29, 1.82) is 0 Å². The monoisotopic (exact) mass is 447 g/mol. The standard InChI is InChI=1S/C22H25NO4.BrH/c1-14-22(2,3)20-17-10-8-16(21(26)27)13-15(17)9-11-18(20)23(14)12-6-4-5-7-19(24)25;/h8-11,13H,4-7,12H2,1-3H3,(H-,24,25,26,27);1H. The molecule has 0 saturated carbocycles. The van der Waals surface area contributed by atoms with Crippen LogP contribution in [-0.2, 0) is 10.2 Å². The van der Waals surface area contributed by atoms with E-state index in [0.717, 1.165) is 30.2 Å². The first-order chi connectivity index (χ1) is 12.7. The van der Waals surface area contributed by atoms with Crippen LogP contribution in [0, 0.1) is 0 Å². The molecule has 5 nitrogen and oxygen atoms in total. The number of carboxylic acid groups (broad SMARTS) is 2. The second-order valence-electron chi connectivity index (χ2n) is 7.77.